The average molecular weight is 212 g/mol. The predicted octanol–water partition coefficient (Wildman–Crippen LogP) is 2.51. The van der Waals surface area contributed by atoms with Crippen LogP contribution in [-0.4, -0.2) is 12.1 Å². The Kier molecular flexibility index (Phi) is 2.33. The van der Waals surface area contributed by atoms with Gasteiger partial charge < -0.3 is 10.1 Å². The molecule has 1 aromatic rings. The van der Waals surface area contributed by atoms with E-state index in [9.17, 15) is 4.79 Å². The molecule has 14 heavy (non-hydrogen) atoms. The lowest BCUT2D eigenvalue weighted by atomic mass is 10.0. The van der Waals surface area contributed by atoms with Gasteiger partial charge in [0.25, 0.3) is 0 Å². The standard InChI is InChI=1S/C10H10ClNO2/c1-6-9(14-10(13)12-6)7-3-2-4-8(11)5-7/h2-6,9H,1H3,(H,12,13). The zero-order valence-electron chi connectivity index (χ0n) is 7.66. The molecule has 0 spiro atoms. The van der Waals surface area contributed by atoms with Gasteiger partial charge in [0.2, 0.25) is 0 Å². The molecule has 2 atom stereocenters. The number of cyclic esters (lactones) is 1. The molecule has 3 nitrogen and oxygen atoms in total. The first-order chi connectivity index (χ1) is 6.66. The van der Waals surface area contributed by atoms with Crippen LogP contribution in [0.25, 0.3) is 0 Å². The van der Waals surface area contributed by atoms with E-state index in [0.29, 0.717) is 5.02 Å². The van der Waals surface area contributed by atoms with Crippen molar-refractivity contribution in [1.29, 1.82) is 0 Å². The Hall–Kier alpha value is -1.22. The van der Waals surface area contributed by atoms with Crippen molar-refractivity contribution >= 4 is 17.7 Å². The number of hydrogen-bond donors (Lipinski definition) is 1. The van der Waals surface area contributed by atoms with Gasteiger partial charge in [-0.3, -0.25) is 0 Å². The van der Waals surface area contributed by atoms with E-state index >= 15 is 0 Å². The summed E-state index contributed by atoms with van der Waals surface area (Å²) in [4.78, 5) is 11.0. The van der Waals surface area contributed by atoms with Crippen molar-refractivity contribution < 1.29 is 9.53 Å². The van der Waals surface area contributed by atoms with E-state index in [1.165, 1.54) is 0 Å². The fourth-order valence-electron chi connectivity index (χ4n) is 1.55. The van der Waals surface area contributed by atoms with Crippen LogP contribution in [0.3, 0.4) is 0 Å². The van der Waals surface area contributed by atoms with Crippen molar-refractivity contribution in [3.05, 3.63) is 34.9 Å². The molecule has 0 radical (unpaired) electrons. The van der Waals surface area contributed by atoms with Crippen LogP contribution in [0.5, 0.6) is 0 Å². The number of benzene rings is 1. The second-order valence-electron chi connectivity index (χ2n) is 3.31. The molecule has 1 aliphatic heterocycles. The summed E-state index contributed by atoms with van der Waals surface area (Å²) in [6.07, 6.45) is -0.608. The normalized spacial score (nSPS) is 25.7. The highest BCUT2D eigenvalue weighted by molar-refractivity contribution is 6.30. The van der Waals surface area contributed by atoms with Gasteiger partial charge in [0, 0.05) is 5.02 Å². The lowest BCUT2D eigenvalue weighted by Crippen LogP contribution is -2.23. The third-order valence-corrected chi connectivity index (χ3v) is 2.45. The molecule has 1 aliphatic rings. The maximum Gasteiger partial charge on any atom is 0.408 e. The van der Waals surface area contributed by atoms with Gasteiger partial charge in [-0.1, -0.05) is 23.7 Å². The number of hydrogen-bond acceptors (Lipinski definition) is 2. The number of nitrogens with one attached hydrogen (secondary N) is 1. The van der Waals surface area contributed by atoms with E-state index in [1.807, 2.05) is 25.1 Å². The number of ether oxygens (including phenoxy) is 1. The first kappa shape index (κ1) is 9.34. The summed E-state index contributed by atoms with van der Waals surface area (Å²) in [6.45, 7) is 1.90. The molecule has 1 fully saturated rings. The SMILES string of the molecule is CC1NC(=O)OC1c1cccc(Cl)c1. The second kappa shape index (κ2) is 3.50. The van der Waals surface area contributed by atoms with Crippen LogP contribution in [0.4, 0.5) is 4.79 Å². The lowest BCUT2D eigenvalue weighted by Gasteiger charge is -2.12. The van der Waals surface area contributed by atoms with E-state index in [-0.39, 0.29) is 18.2 Å². The van der Waals surface area contributed by atoms with Gasteiger partial charge in [-0.15, -0.1) is 0 Å². The van der Waals surface area contributed by atoms with Gasteiger partial charge in [0.05, 0.1) is 6.04 Å². The van der Waals surface area contributed by atoms with E-state index in [4.69, 9.17) is 16.3 Å². The molecular weight excluding hydrogens is 202 g/mol. The van der Waals surface area contributed by atoms with Crippen LogP contribution in [0.1, 0.15) is 18.6 Å². The van der Waals surface area contributed by atoms with Crippen molar-refractivity contribution in [3.8, 4) is 0 Å². The lowest BCUT2D eigenvalue weighted by molar-refractivity contribution is 0.134. The molecule has 0 aliphatic carbocycles. The van der Waals surface area contributed by atoms with E-state index in [0.717, 1.165) is 5.56 Å². The summed E-state index contributed by atoms with van der Waals surface area (Å²) in [7, 11) is 0. The molecule has 0 saturated carbocycles. The number of amides is 1. The topological polar surface area (TPSA) is 38.3 Å². The molecule has 0 bridgehead atoms. The van der Waals surface area contributed by atoms with Crippen molar-refractivity contribution in [2.75, 3.05) is 0 Å². The van der Waals surface area contributed by atoms with Crippen LogP contribution in [0.2, 0.25) is 5.02 Å². The smallest absolute Gasteiger partial charge is 0.408 e. The van der Waals surface area contributed by atoms with Gasteiger partial charge in [0.1, 0.15) is 6.10 Å². The van der Waals surface area contributed by atoms with Gasteiger partial charge >= 0.3 is 6.09 Å². The van der Waals surface area contributed by atoms with Gasteiger partial charge in [-0.05, 0) is 24.6 Å². The average Bonchev–Trinajstić information content (AvgIpc) is 2.45. The van der Waals surface area contributed by atoms with Crippen LogP contribution in [0.15, 0.2) is 24.3 Å². The molecule has 1 amide bonds. The first-order valence-electron chi connectivity index (χ1n) is 4.39. The van der Waals surface area contributed by atoms with Crippen molar-refractivity contribution in [2.24, 2.45) is 0 Å². The highest BCUT2D eigenvalue weighted by atomic mass is 35.5. The summed E-state index contributed by atoms with van der Waals surface area (Å²) in [5.41, 5.74) is 0.920. The Bertz CT molecular complexity index is 367. The Morgan fingerprint density at radius 3 is 2.86 bits per heavy atom. The zero-order valence-corrected chi connectivity index (χ0v) is 8.41. The Morgan fingerprint density at radius 1 is 1.50 bits per heavy atom. The van der Waals surface area contributed by atoms with Crippen molar-refractivity contribution in [3.63, 3.8) is 0 Å². The van der Waals surface area contributed by atoms with Crippen molar-refractivity contribution in [1.82, 2.24) is 5.32 Å². The number of alkyl carbamates (subject to hydrolysis) is 1. The zero-order chi connectivity index (χ0) is 10.1. The third kappa shape index (κ3) is 1.68. The summed E-state index contributed by atoms with van der Waals surface area (Å²) in [5.74, 6) is 0. The first-order valence-corrected chi connectivity index (χ1v) is 4.77. The summed E-state index contributed by atoms with van der Waals surface area (Å²) in [5, 5.41) is 3.33. The van der Waals surface area contributed by atoms with Crippen LogP contribution in [0, 0.1) is 0 Å². The summed E-state index contributed by atoms with van der Waals surface area (Å²) in [6, 6.07) is 7.33. The molecular formula is C10H10ClNO2. The number of halogens is 1. The number of carbonyl (C=O) groups excluding carboxylic acids is 1. The molecule has 4 heteroatoms. The maximum absolute atomic E-state index is 11.0. The highest BCUT2D eigenvalue weighted by Gasteiger charge is 2.31. The fourth-order valence-corrected chi connectivity index (χ4v) is 1.75. The van der Waals surface area contributed by atoms with Crippen LogP contribution >= 0.6 is 11.6 Å². The largest absolute Gasteiger partial charge is 0.439 e. The fraction of sp³-hybridized carbons (Fsp3) is 0.300. The molecule has 1 saturated heterocycles. The van der Waals surface area contributed by atoms with E-state index < -0.39 is 0 Å². The summed E-state index contributed by atoms with van der Waals surface area (Å²) >= 11 is 5.85. The summed E-state index contributed by atoms with van der Waals surface area (Å²) < 4.78 is 5.11. The molecule has 2 unspecified atom stereocenters. The minimum atomic E-state index is -0.373. The Morgan fingerprint density at radius 2 is 2.29 bits per heavy atom. The van der Waals surface area contributed by atoms with Gasteiger partial charge in [-0.25, -0.2) is 4.79 Å². The van der Waals surface area contributed by atoms with E-state index in [1.54, 1.807) is 6.07 Å². The minimum Gasteiger partial charge on any atom is -0.439 e. The van der Waals surface area contributed by atoms with Crippen LogP contribution in [-0.2, 0) is 4.74 Å². The monoisotopic (exact) mass is 211 g/mol. The molecule has 1 aromatic carbocycles. The van der Waals surface area contributed by atoms with E-state index in [2.05, 4.69) is 5.32 Å². The number of carbonyl (C=O) groups is 1. The highest BCUT2D eigenvalue weighted by Crippen LogP contribution is 2.27. The predicted molar refractivity (Wildman–Crippen MR) is 53.3 cm³/mol. The van der Waals surface area contributed by atoms with Gasteiger partial charge in [-0.2, -0.15) is 0 Å². The van der Waals surface area contributed by atoms with Gasteiger partial charge in [0.15, 0.2) is 0 Å². The third-order valence-electron chi connectivity index (χ3n) is 2.21. The second-order valence-corrected chi connectivity index (χ2v) is 3.75. The Balaban J connectivity index is 2.27. The quantitative estimate of drug-likeness (QED) is 0.775. The molecule has 74 valence electrons. The van der Waals surface area contributed by atoms with Crippen molar-refractivity contribution in [2.45, 2.75) is 19.1 Å². The molecule has 0 aromatic heterocycles. The maximum atomic E-state index is 11.0. The van der Waals surface area contributed by atoms with Crippen LogP contribution < -0.4 is 5.32 Å². The molecule has 2 rings (SSSR count). The molecule has 1 N–H and O–H groups in total. The minimum absolute atomic E-state index is 0.0130. The Labute approximate surface area is 87.0 Å². The molecule has 1 heterocycles. The number of rotatable bonds is 1.